The Morgan fingerprint density at radius 2 is 2.35 bits per heavy atom. The van der Waals surface area contributed by atoms with E-state index in [4.69, 9.17) is 10.5 Å². The number of rotatable bonds is 5. The van der Waals surface area contributed by atoms with E-state index >= 15 is 0 Å². The van der Waals surface area contributed by atoms with Crippen molar-refractivity contribution in [3.05, 3.63) is 18.2 Å². The molecular weight excluding hydrogens is 260 g/mol. The second kappa shape index (κ2) is 6.14. The molecule has 108 valence electrons. The molecule has 1 aliphatic rings. The number of amides is 3. The number of methoxy groups -OCH3 is 1. The molecule has 7 nitrogen and oxygen atoms in total. The molecule has 4 N–H and O–H groups in total. The van der Waals surface area contributed by atoms with Crippen molar-refractivity contribution < 1.29 is 14.3 Å². The van der Waals surface area contributed by atoms with E-state index in [2.05, 4.69) is 10.6 Å². The van der Waals surface area contributed by atoms with Gasteiger partial charge in [0.05, 0.1) is 12.8 Å². The normalized spacial score (nSPS) is 14.1. The van der Waals surface area contributed by atoms with Gasteiger partial charge in [-0.2, -0.15) is 0 Å². The Bertz CT molecular complexity index is 518. The summed E-state index contributed by atoms with van der Waals surface area (Å²) < 4.78 is 5.15. The molecule has 0 saturated carbocycles. The van der Waals surface area contributed by atoms with Crippen LogP contribution in [0.1, 0.15) is 6.42 Å². The van der Waals surface area contributed by atoms with Crippen LogP contribution < -0.4 is 21.1 Å². The lowest BCUT2D eigenvalue weighted by molar-refractivity contribution is -0.116. The first-order valence-electron chi connectivity index (χ1n) is 6.36. The lowest BCUT2D eigenvalue weighted by Gasteiger charge is -2.14. The summed E-state index contributed by atoms with van der Waals surface area (Å²) in [6.45, 7) is 1.65. The van der Waals surface area contributed by atoms with Gasteiger partial charge in [0.2, 0.25) is 5.91 Å². The SMILES string of the molecule is COc1ccc(N)cc1NC(=O)CCN1CCNC1=O. The van der Waals surface area contributed by atoms with E-state index < -0.39 is 0 Å². The van der Waals surface area contributed by atoms with Crippen LogP contribution in [0.4, 0.5) is 16.2 Å². The molecule has 1 aliphatic heterocycles. The zero-order valence-electron chi connectivity index (χ0n) is 11.3. The highest BCUT2D eigenvalue weighted by atomic mass is 16.5. The molecule has 1 saturated heterocycles. The van der Waals surface area contributed by atoms with E-state index in [0.717, 1.165) is 0 Å². The first-order valence-corrected chi connectivity index (χ1v) is 6.36. The minimum Gasteiger partial charge on any atom is -0.495 e. The molecule has 1 fully saturated rings. The standard InChI is InChI=1S/C13H18N4O3/c1-20-11-3-2-9(14)8-10(11)16-12(18)4-6-17-7-5-15-13(17)19/h2-3,8H,4-7,14H2,1H3,(H,15,19)(H,16,18). The zero-order valence-corrected chi connectivity index (χ0v) is 11.3. The van der Waals surface area contributed by atoms with Crippen LogP contribution in [0.3, 0.4) is 0 Å². The molecule has 3 amide bonds. The van der Waals surface area contributed by atoms with Gasteiger partial charge in [-0.25, -0.2) is 4.79 Å². The Morgan fingerprint density at radius 1 is 1.55 bits per heavy atom. The van der Waals surface area contributed by atoms with Crippen molar-refractivity contribution in [3.8, 4) is 5.75 Å². The average Bonchev–Trinajstić information content (AvgIpc) is 2.82. The predicted octanol–water partition coefficient (Wildman–Crippen LogP) is 0.631. The Labute approximate surface area is 117 Å². The fourth-order valence-corrected chi connectivity index (χ4v) is 2.00. The Morgan fingerprint density at radius 3 is 3.00 bits per heavy atom. The van der Waals surface area contributed by atoms with Gasteiger partial charge in [0.15, 0.2) is 0 Å². The molecule has 0 radical (unpaired) electrons. The van der Waals surface area contributed by atoms with Crippen molar-refractivity contribution in [2.45, 2.75) is 6.42 Å². The van der Waals surface area contributed by atoms with Crippen LogP contribution in [-0.4, -0.2) is 43.6 Å². The third-order valence-electron chi connectivity index (χ3n) is 3.05. The Hall–Kier alpha value is -2.44. The first-order chi connectivity index (χ1) is 9.60. The van der Waals surface area contributed by atoms with Crippen LogP contribution in [0.15, 0.2) is 18.2 Å². The van der Waals surface area contributed by atoms with Gasteiger partial charge in [0.25, 0.3) is 0 Å². The summed E-state index contributed by atoms with van der Waals surface area (Å²) in [6, 6.07) is 4.90. The Kier molecular flexibility index (Phi) is 4.29. The second-order valence-electron chi connectivity index (χ2n) is 4.48. The molecule has 0 aromatic heterocycles. The molecule has 1 heterocycles. The van der Waals surface area contributed by atoms with E-state index in [0.29, 0.717) is 36.8 Å². The number of hydrogen-bond donors (Lipinski definition) is 3. The minimum absolute atomic E-state index is 0.126. The lowest BCUT2D eigenvalue weighted by Crippen LogP contribution is -2.31. The summed E-state index contributed by atoms with van der Waals surface area (Å²) in [7, 11) is 1.52. The third-order valence-corrected chi connectivity index (χ3v) is 3.05. The van der Waals surface area contributed by atoms with Crippen molar-refractivity contribution in [3.63, 3.8) is 0 Å². The van der Waals surface area contributed by atoms with E-state index in [-0.39, 0.29) is 18.4 Å². The number of nitrogen functional groups attached to an aromatic ring is 1. The van der Waals surface area contributed by atoms with Crippen LogP contribution in [0.25, 0.3) is 0 Å². The van der Waals surface area contributed by atoms with Crippen LogP contribution >= 0.6 is 0 Å². The highest BCUT2D eigenvalue weighted by Gasteiger charge is 2.20. The minimum atomic E-state index is -0.186. The maximum absolute atomic E-state index is 11.9. The molecule has 0 unspecified atom stereocenters. The number of carbonyl (C=O) groups is 2. The van der Waals surface area contributed by atoms with Gasteiger partial charge in [-0.15, -0.1) is 0 Å². The van der Waals surface area contributed by atoms with E-state index in [1.165, 1.54) is 7.11 Å². The summed E-state index contributed by atoms with van der Waals surface area (Å²) in [5.74, 6) is 0.361. The van der Waals surface area contributed by atoms with E-state index in [9.17, 15) is 9.59 Å². The van der Waals surface area contributed by atoms with Gasteiger partial charge >= 0.3 is 6.03 Å². The van der Waals surface area contributed by atoms with Gasteiger partial charge in [-0.05, 0) is 18.2 Å². The van der Waals surface area contributed by atoms with Gasteiger partial charge in [-0.1, -0.05) is 0 Å². The summed E-state index contributed by atoms with van der Waals surface area (Å²) in [5.41, 5.74) is 6.75. The average molecular weight is 278 g/mol. The van der Waals surface area contributed by atoms with Crippen molar-refractivity contribution in [2.75, 3.05) is 37.8 Å². The molecular formula is C13H18N4O3. The van der Waals surface area contributed by atoms with Crippen LogP contribution in [0.5, 0.6) is 5.75 Å². The third kappa shape index (κ3) is 3.31. The predicted molar refractivity (Wildman–Crippen MR) is 75.6 cm³/mol. The fraction of sp³-hybridized carbons (Fsp3) is 0.385. The van der Waals surface area contributed by atoms with Gasteiger partial charge in [-0.3, -0.25) is 4.79 Å². The summed E-state index contributed by atoms with van der Waals surface area (Å²) in [4.78, 5) is 24.8. The zero-order chi connectivity index (χ0) is 14.5. The van der Waals surface area contributed by atoms with Gasteiger partial charge < -0.3 is 26.0 Å². The summed E-state index contributed by atoms with van der Waals surface area (Å²) in [6.07, 6.45) is 0.228. The Balaban J connectivity index is 1.91. The van der Waals surface area contributed by atoms with Crippen LogP contribution in [0.2, 0.25) is 0 Å². The van der Waals surface area contributed by atoms with Crippen molar-refractivity contribution in [2.24, 2.45) is 0 Å². The molecule has 0 aliphatic carbocycles. The highest BCUT2D eigenvalue weighted by molar-refractivity contribution is 5.93. The number of carbonyl (C=O) groups excluding carboxylic acids is 2. The number of anilines is 2. The van der Waals surface area contributed by atoms with Crippen LogP contribution in [-0.2, 0) is 4.79 Å². The lowest BCUT2D eigenvalue weighted by atomic mass is 10.2. The maximum atomic E-state index is 11.9. The molecule has 7 heteroatoms. The molecule has 20 heavy (non-hydrogen) atoms. The van der Waals surface area contributed by atoms with Gasteiger partial charge in [0.1, 0.15) is 5.75 Å². The van der Waals surface area contributed by atoms with E-state index in [1.54, 1.807) is 23.1 Å². The molecule has 0 bridgehead atoms. The topological polar surface area (TPSA) is 96.7 Å². The van der Waals surface area contributed by atoms with Crippen LogP contribution in [0, 0.1) is 0 Å². The number of ether oxygens (including phenoxy) is 1. The number of benzene rings is 1. The fourth-order valence-electron chi connectivity index (χ4n) is 2.00. The smallest absolute Gasteiger partial charge is 0.317 e. The van der Waals surface area contributed by atoms with Crippen molar-refractivity contribution in [1.82, 2.24) is 10.2 Å². The number of nitrogens with two attached hydrogens (primary N) is 1. The number of hydrogen-bond acceptors (Lipinski definition) is 4. The highest BCUT2D eigenvalue weighted by Crippen LogP contribution is 2.26. The number of nitrogens with one attached hydrogen (secondary N) is 2. The molecule has 0 spiro atoms. The first kappa shape index (κ1) is 14.0. The molecule has 1 aromatic rings. The second-order valence-corrected chi connectivity index (χ2v) is 4.48. The summed E-state index contributed by atoms with van der Waals surface area (Å²) in [5, 5.41) is 5.43. The molecule has 1 aromatic carbocycles. The largest absolute Gasteiger partial charge is 0.495 e. The summed E-state index contributed by atoms with van der Waals surface area (Å²) >= 11 is 0. The monoisotopic (exact) mass is 278 g/mol. The van der Waals surface area contributed by atoms with Crippen molar-refractivity contribution >= 4 is 23.3 Å². The number of nitrogens with zero attached hydrogens (tertiary/aromatic N) is 1. The molecule has 0 atom stereocenters. The maximum Gasteiger partial charge on any atom is 0.317 e. The number of urea groups is 1. The van der Waals surface area contributed by atoms with Gasteiger partial charge in [0, 0.05) is 31.7 Å². The quantitative estimate of drug-likeness (QED) is 0.688. The van der Waals surface area contributed by atoms with E-state index in [1.807, 2.05) is 0 Å². The van der Waals surface area contributed by atoms with Crippen molar-refractivity contribution in [1.29, 1.82) is 0 Å². The molecule has 2 rings (SSSR count).